The zero-order valence-electron chi connectivity index (χ0n) is 23.0. The van der Waals surface area contributed by atoms with Crippen molar-refractivity contribution in [1.82, 2.24) is 0 Å². The van der Waals surface area contributed by atoms with Crippen molar-refractivity contribution in [3.63, 3.8) is 0 Å². The third-order valence-corrected chi connectivity index (χ3v) is 7.49. The lowest BCUT2D eigenvalue weighted by atomic mass is 9.99. The van der Waals surface area contributed by atoms with Crippen LogP contribution in [0.25, 0.3) is 0 Å². The molecule has 1 aliphatic heterocycles. The number of rotatable bonds is 10. The van der Waals surface area contributed by atoms with Gasteiger partial charge in [0.15, 0.2) is 12.2 Å². The van der Waals surface area contributed by atoms with Crippen LogP contribution in [0.2, 0.25) is 0 Å². The van der Waals surface area contributed by atoms with Gasteiger partial charge < -0.3 is 23.7 Å². The fourth-order valence-electron chi connectivity index (χ4n) is 4.57. The first-order valence-electron chi connectivity index (χ1n) is 13.7. The Hall–Kier alpha value is -4.31. The first kappa shape index (κ1) is 30.2. The van der Waals surface area contributed by atoms with Gasteiger partial charge in [0.25, 0.3) is 0 Å². The van der Waals surface area contributed by atoms with Gasteiger partial charge in [-0.15, -0.1) is 0 Å². The number of esters is 3. The number of benzene rings is 4. The van der Waals surface area contributed by atoms with Gasteiger partial charge in [-0.2, -0.15) is 0 Å². The minimum Gasteiger partial charge on any atom is -0.459 e. The van der Waals surface area contributed by atoms with Gasteiger partial charge in [0.2, 0.25) is 0 Å². The van der Waals surface area contributed by atoms with Crippen molar-refractivity contribution in [1.29, 1.82) is 0 Å². The monoisotopic (exact) mass is 644 g/mol. The fourth-order valence-corrected chi connectivity index (χ4v) is 5.30. The molecule has 5 atom stereocenters. The molecule has 1 heterocycles. The van der Waals surface area contributed by atoms with Gasteiger partial charge in [0.05, 0.1) is 23.3 Å². The Morgan fingerprint density at radius 3 is 1.53 bits per heavy atom. The standard InChI is InChI=1S/C34H29BrO8/c35-31-30(39-21-23-13-5-1-6-14-23)29(43-34(38)26-19-11-4-12-20-26)28(42-33(37)25-17-9-3-10-18-25)27(41-31)22-40-32(36)24-15-7-2-8-16-24/h1-20,27-31H,21-22H2/t27-,28-,29+,30-,31-/m1/s1. The molecule has 4 aromatic carbocycles. The fraction of sp³-hybridized carbons (Fsp3) is 0.206. The second-order valence-corrected chi connectivity index (χ2v) is 10.6. The Balaban J connectivity index is 1.45. The molecule has 1 aliphatic rings. The van der Waals surface area contributed by atoms with Crippen LogP contribution in [-0.2, 0) is 30.3 Å². The molecule has 0 unspecified atom stereocenters. The van der Waals surface area contributed by atoms with Crippen LogP contribution in [0.3, 0.4) is 0 Å². The van der Waals surface area contributed by atoms with Crippen LogP contribution < -0.4 is 0 Å². The summed E-state index contributed by atoms with van der Waals surface area (Å²) in [6.07, 6.45) is -4.24. The molecule has 0 amide bonds. The zero-order chi connectivity index (χ0) is 30.0. The van der Waals surface area contributed by atoms with Gasteiger partial charge >= 0.3 is 17.9 Å². The Kier molecular flexibility index (Phi) is 10.3. The molecule has 0 saturated carbocycles. The van der Waals surface area contributed by atoms with Crippen molar-refractivity contribution in [2.24, 2.45) is 0 Å². The molecule has 8 nitrogen and oxygen atoms in total. The minimum absolute atomic E-state index is 0.170. The summed E-state index contributed by atoms with van der Waals surface area (Å²) in [6.45, 7) is -0.114. The molecule has 220 valence electrons. The summed E-state index contributed by atoms with van der Waals surface area (Å²) in [4.78, 5) is 39.4. The maximum atomic E-state index is 13.3. The first-order valence-corrected chi connectivity index (χ1v) is 14.6. The van der Waals surface area contributed by atoms with E-state index in [1.165, 1.54) is 0 Å². The molecule has 1 saturated heterocycles. The van der Waals surface area contributed by atoms with Gasteiger partial charge in [-0.1, -0.05) is 101 Å². The molecular formula is C34H29BrO8. The lowest BCUT2D eigenvalue weighted by molar-refractivity contribution is -0.220. The van der Waals surface area contributed by atoms with Crippen molar-refractivity contribution >= 4 is 33.8 Å². The quantitative estimate of drug-likeness (QED) is 0.118. The summed E-state index contributed by atoms with van der Waals surface area (Å²) in [5, 5.41) is -0.808. The Morgan fingerprint density at radius 1 is 0.581 bits per heavy atom. The third-order valence-electron chi connectivity index (χ3n) is 6.76. The van der Waals surface area contributed by atoms with E-state index in [4.69, 9.17) is 23.7 Å². The molecule has 0 bridgehead atoms. The maximum Gasteiger partial charge on any atom is 0.338 e. The molecule has 0 N–H and O–H groups in total. The number of halogens is 1. The van der Waals surface area contributed by atoms with Crippen LogP contribution in [0.5, 0.6) is 0 Å². The lowest BCUT2D eigenvalue weighted by Crippen LogP contribution is -2.60. The van der Waals surface area contributed by atoms with Gasteiger partial charge in [-0.3, -0.25) is 0 Å². The first-order chi connectivity index (χ1) is 21.0. The van der Waals surface area contributed by atoms with E-state index in [0.717, 1.165) is 5.56 Å². The van der Waals surface area contributed by atoms with Crippen molar-refractivity contribution in [3.8, 4) is 0 Å². The second kappa shape index (κ2) is 14.7. The predicted octanol–water partition coefficient (Wildman–Crippen LogP) is 6.00. The maximum absolute atomic E-state index is 13.3. The average Bonchev–Trinajstić information content (AvgIpc) is 3.06. The average molecular weight is 646 g/mol. The van der Waals surface area contributed by atoms with E-state index in [1.54, 1.807) is 91.0 Å². The zero-order valence-corrected chi connectivity index (χ0v) is 24.6. The van der Waals surface area contributed by atoms with E-state index in [9.17, 15) is 14.4 Å². The highest BCUT2D eigenvalue weighted by Gasteiger charge is 2.51. The molecular weight excluding hydrogens is 616 g/mol. The smallest absolute Gasteiger partial charge is 0.338 e. The van der Waals surface area contributed by atoms with Crippen molar-refractivity contribution in [3.05, 3.63) is 144 Å². The Bertz CT molecular complexity index is 1480. The molecule has 0 radical (unpaired) electrons. The van der Waals surface area contributed by atoms with Crippen LogP contribution in [0.1, 0.15) is 36.6 Å². The van der Waals surface area contributed by atoms with E-state index in [1.807, 2.05) is 30.3 Å². The van der Waals surface area contributed by atoms with Crippen LogP contribution >= 0.6 is 15.9 Å². The van der Waals surface area contributed by atoms with Crippen LogP contribution in [-0.4, -0.2) is 53.9 Å². The van der Waals surface area contributed by atoms with Crippen molar-refractivity contribution in [2.45, 2.75) is 36.0 Å². The number of alkyl halides is 1. The number of carbonyl (C=O) groups excluding carboxylic acids is 3. The van der Waals surface area contributed by atoms with Crippen LogP contribution in [0, 0.1) is 0 Å². The van der Waals surface area contributed by atoms with Gasteiger partial charge in [-0.05, 0) is 42.0 Å². The van der Waals surface area contributed by atoms with Gasteiger partial charge in [-0.25, -0.2) is 14.4 Å². The number of hydrogen-bond acceptors (Lipinski definition) is 8. The molecule has 0 aliphatic carbocycles. The Morgan fingerprint density at radius 2 is 1.02 bits per heavy atom. The van der Waals surface area contributed by atoms with Crippen molar-refractivity contribution < 1.29 is 38.1 Å². The molecule has 0 aromatic heterocycles. The summed E-state index contributed by atoms with van der Waals surface area (Å²) < 4.78 is 30.0. The topological polar surface area (TPSA) is 97.4 Å². The van der Waals surface area contributed by atoms with Gasteiger partial charge in [0.1, 0.15) is 23.8 Å². The van der Waals surface area contributed by atoms with E-state index in [0.29, 0.717) is 16.7 Å². The number of carbonyl (C=O) groups is 3. The summed E-state index contributed by atoms with van der Waals surface area (Å²) >= 11 is 3.53. The van der Waals surface area contributed by atoms with Crippen LogP contribution in [0.4, 0.5) is 0 Å². The van der Waals surface area contributed by atoms with Crippen molar-refractivity contribution in [2.75, 3.05) is 6.61 Å². The summed E-state index contributed by atoms with van der Waals surface area (Å²) in [5.41, 5.74) is 1.83. The molecule has 43 heavy (non-hydrogen) atoms. The van der Waals surface area contributed by atoms with Crippen LogP contribution in [0.15, 0.2) is 121 Å². The summed E-state index contributed by atoms with van der Waals surface area (Å²) in [6, 6.07) is 34.8. The second-order valence-electron chi connectivity index (χ2n) is 9.72. The normalized spacial score (nSPS) is 21.4. The minimum atomic E-state index is -1.20. The predicted molar refractivity (Wildman–Crippen MR) is 161 cm³/mol. The molecule has 4 aromatic rings. The highest BCUT2D eigenvalue weighted by molar-refractivity contribution is 9.09. The third kappa shape index (κ3) is 7.95. The SMILES string of the molecule is O=C(OC[C@H]1O[C@@H](Br)[C@H](OCc2ccccc2)[C@@H](OC(=O)c2ccccc2)[C@@H]1OC(=O)c1ccccc1)c1ccccc1. The number of ether oxygens (including phenoxy) is 5. The number of hydrogen-bond donors (Lipinski definition) is 0. The molecule has 5 rings (SSSR count). The summed E-state index contributed by atoms with van der Waals surface area (Å²) in [5.74, 6) is -1.88. The summed E-state index contributed by atoms with van der Waals surface area (Å²) in [7, 11) is 0. The molecule has 9 heteroatoms. The van der Waals surface area contributed by atoms with E-state index in [2.05, 4.69) is 15.9 Å². The lowest BCUT2D eigenvalue weighted by Gasteiger charge is -2.43. The highest BCUT2D eigenvalue weighted by Crippen LogP contribution is 2.33. The largest absolute Gasteiger partial charge is 0.459 e. The van der Waals surface area contributed by atoms with E-state index in [-0.39, 0.29) is 13.2 Å². The van der Waals surface area contributed by atoms with E-state index >= 15 is 0 Å². The molecule has 1 fully saturated rings. The van der Waals surface area contributed by atoms with E-state index < -0.39 is 47.3 Å². The Labute approximate surface area is 257 Å². The highest BCUT2D eigenvalue weighted by atomic mass is 79.9. The van der Waals surface area contributed by atoms with Gasteiger partial charge in [0, 0.05) is 0 Å². The molecule has 0 spiro atoms.